The van der Waals surface area contributed by atoms with Crippen molar-refractivity contribution < 1.29 is 4.79 Å². The Kier molecular flexibility index (Phi) is 3.43. The average molecular weight is 227 g/mol. The van der Waals surface area contributed by atoms with Crippen LogP contribution in [0.25, 0.3) is 0 Å². The second-order valence-electron chi connectivity index (χ2n) is 4.33. The van der Waals surface area contributed by atoms with Crippen LogP contribution in [0.3, 0.4) is 0 Å². The molecule has 0 bridgehead atoms. The molecule has 0 radical (unpaired) electrons. The minimum absolute atomic E-state index is 0.139. The second-order valence-corrected chi connectivity index (χ2v) is 4.33. The summed E-state index contributed by atoms with van der Waals surface area (Å²) in [7, 11) is 0. The third kappa shape index (κ3) is 2.64. The Morgan fingerprint density at radius 1 is 1.18 bits per heavy atom. The smallest absolute Gasteiger partial charge is 0.176 e. The van der Waals surface area contributed by atoms with Gasteiger partial charge in [0.2, 0.25) is 0 Å². The number of nitrogens with zero attached hydrogens (tertiary/aromatic N) is 1. The van der Waals surface area contributed by atoms with Crippen molar-refractivity contribution in [3.05, 3.63) is 59.4 Å². The van der Waals surface area contributed by atoms with Crippen LogP contribution in [0.4, 0.5) is 0 Å². The molecule has 0 N–H and O–H groups in total. The van der Waals surface area contributed by atoms with Gasteiger partial charge in [-0.25, -0.2) is 0 Å². The Bertz CT molecular complexity index is 511. The molecule has 0 fully saturated rings. The summed E-state index contributed by atoms with van der Waals surface area (Å²) in [6.45, 7) is 4.46. The molecule has 2 rings (SSSR count). The maximum Gasteiger partial charge on any atom is 0.176 e. The Balaban J connectivity index is 2.12. The third-order valence-electron chi connectivity index (χ3n) is 2.98. The molecule has 1 heterocycles. The van der Waals surface area contributed by atoms with Gasteiger partial charge in [0.15, 0.2) is 5.78 Å². The minimum atomic E-state index is 0.139. The number of benzene rings is 1. The highest BCUT2D eigenvalue weighted by molar-refractivity contribution is 5.94. The molecule has 0 saturated carbocycles. The average Bonchev–Trinajstić information content (AvgIpc) is 2.69. The number of aromatic nitrogens is 1. The lowest BCUT2D eigenvalue weighted by Gasteiger charge is -2.08. The molecule has 0 atom stereocenters. The first-order chi connectivity index (χ1) is 8.18. The van der Waals surface area contributed by atoms with Gasteiger partial charge in [0.25, 0.3) is 0 Å². The highest BCUT2D eigenvalue weighted by atomic mass is 16.1. The Hall–Kier alpha value is -1.83. The van der Waals surface area contributed by atoms with E-state index < -0.39 is 0 Å². The van der Waals surface area contributed by atoms with Crippen LogP contribution in [0.15, 0.2) is 42.6 Å². The Morgan fingerprint density at radius 3 is 2.53 bits per heavy atom. The minimum Gasteiger partial charge on any atom is -0.345 e. The molecule has 2 aromatic rings. The number of rotatable bonds is 4. The van der Waals surface area contributed by atoms with Gasteiger partial charge < -0.3 is 4.57 Å². The number of Topliss-reactive ketones (excluding diaryl/α,β-unsaturated/α-hetero) is 1. The lowest BCUT2D eigenvalue weighted by molar-refractivity contribution is 0.100. The molecule has 0 spiro atoms. The van der Waals surface area contributed by atoms with Gasteiger partial charge in [-0.2, -0.15) is 0 Å². The predicted molar refractivity (Wildman–Crippen MR) is 69.3 cm³/mol. The largest absolute Gasteiger partial charge is 0.345 e. The molecule has 0 aliphatic carbocycles. The number of carbonyl (C=O) groups is 1. The molecule has 88 valence electrons. The molecular weight excluding hydrogens is 210 g/mol. The first kappa shape index (κ1) is 11.6. The van der Waals surface area contributed by atoms with Gasteiger partial charge in [0.05, 0.1) is 5.69 Å². The highest BCUT2D eigenvalue weighted by Crippen LogP contribution is 2.12. The van der Waals surface area contributed by atoms with E-state index in [1.807, 2.05) is 42.0 Å². The molecule has 1 aromatic heterocycles. The Morgan fingerprint density at radius 2 is 1.88 bits per heavy atom. The zero-order valence-corrected chi connectivity index (χ0v) is 10.3. The fourth-order valence-electron chi connectivity index (χ4n) is 2.14. The molecule has 0 aliphatic heterocycles. The zero-order valence-electron chi connectivity index (χ0n) is 10.3. The summed E-state index contributed by atoms with van der Waals surface area (Å²) >= 11 is 0. The van der Waals surface area contributed by atoms with E-state index in [0.29, 0.717) is 0 Å². The highest BCUT2D eigenvalue weighted by Gasteiger charge is 2.09. The quantitative estimate of drug-likeness (QED) is 0.735. The van der Waals surface area contributed by atoms with Gasteiger partial charge >= 0.3 is 0 Å². The zero-order chi connectivity index (χ0) is 12.3. The SMILES string of the molecule is CC(=O)c1c(C)ccn1CCc1ccccc1. The summed E-state index contributed by atoms with van der Waals surface area (Å²) in [6.07, 6.45) is 2.95. The summed E-state index contributed by atoms with van der Waals surface area (Å²) < 4.78 is 2.05. The lowest BCUT2D eigenvalue weighted by Crippen LogP contribution is -2.08. The van der Waals surface area contributed by atoms with Gasteiger partial charge in [0, 0.05) is 19.7 Å². The van der Waals surface area contributed by atoms with Crippen LogP contribution in [0.5, 0.6) is 0 Å². The van der Waals surface area contributed by atoms with Crippen molar-refractivity contribution in [2.75, 3.05) is 0 Å². The molecule has 1 aromatic carbocycles. The molecule has 2 heteroatoms. The summed E-state index contributed by atoms with van der Waals surface area (Å²) in [4.78, 5) is 11.5. The van der Waals surface area contributed by atoms with E-state index in [2.05, 4.69) is 12.1 Å². The summed E-state index contributed by atoms with van der Waals surface area (Å²) in [5.74, 6) is 0.139. The first-order valence-corrected chi connectivity index (χ1v) is 5.89. The van der Waals surface area contributed by atoms with Gasteiger partial charge in [-0.15, -0.1) is 0 Å². The van der Waals surface area contributed by atoms with E-state index in [1.54, 1.807) is 6.92 Å². The van der Waals surface area contributed by atoms with Crippen molar-refractivity contribution in [2.24, 2.45) is 0 Å². The second kappa shape index (κ2) is 5.00. The van der Waals surface area contributed by atoms with Gasteiger partial charge in [-0.1, -0.05) is 30.3 Å². The topological polar surface area (TPSA) is 22.0 Å². The number of ketones is 1. The number of carbonyl (C=O) groups excluding carboxylic acids is 1. The maximum absolute atomic E-state index is 11.5. The summed E-state index contributed by atoms with van der Waals surface area (Å²) in [6, 6.07) is 12.3. The maximum atomic E-state index is 11.5. The lowest BCUT2D eigenvalue weighted by atomic mass is 10.1. The van der Waals surface area contributed by atoms with Crippen LogP contribution >= 0.6 is 0 Å². The molecule has 0 amide bonds. The predicted octanol–water partition coefficient (Wildman–Crippen LogP) is 3.24. The van der Waals surface area contributed by atoms with Crippen LogP contribution in [-0.2, 0) is 13.0 Å². The fourth-order valence-corrected chi connectivity index (χ4v) is 2.14. The van der Waals surface area contributed by atoms with E-state index in [9.17, 15) is 4.79 Å². The monoisotopic (exact) mass is 227 g/mol. The number of aryl methyl sites for hydroxylation is 3. The van der Waals surface area contributed by atoms with E-state index in [-0.39, 0.29) is 5.78 Å². The molecule has 0 unspecified atom stereocenters. The number of hydrogen-bond acceptors (Lipinski definition) is 1. The molecular formula is C15H17NO. The van der Waals surface area contributed by atoms with Crippen molar-refractivity contribution in [3.8, 4) is 0 Å². The normalized spacial score (nSPS) is 10.5. The van der Waals surface area contributed by atoms with Crippen molar-refractivity contribution in [1.29, 1.82) is 0 Å². The van der Waals surface area contributed by atoms with Gasteiger partial charge in [0.1, 0.15) is 0 Å². The van der Waals surface area contributed by atoms with Crippen molar-refractivity contribution in [3.63, 3.8) is 0 Å². The van der Waals surface area contributed by atoms with Crippen LogP contribution < -0.4 is 0 Å². The number of hydrogen-bond donors (Lipinski definition) is 0. The van der Waals surface area contributed by atoms with Gasteiger partial charge in [-0.3, -0.25) is 4.79 Å². The Labute approximate surface area is 102 Å². The van der Waals surface area contributed by atoms with Crippen LogP contribution in [0.2, 0.25) is 0 Å². The van der Waals surface area contributed by atoms with E-state index in [0.717, 1.165) is 24.2 Å². The van der Waals surface area contributed by atoms with Crippen LogP contribution in [0.1, 0.15) is 28.5 Å². The van der Waals surface area contributed by atoms with Crippen molar-refractivity contribution >= 4 is 5.78 Å². The standard InChI is InChI=1S/C15H17NO/c1-12-8-10-16(15(12)13(2)17)11-9-14-6-4-3-5-7-14/h3-8,10H,9,11H2,1-2H3. The summed E-state index contributed by atoms with van der Waals surface area (Å²) in [5.41, 5.74) is 3.19. The van der Waals surface area contributed by atoms with Crippen LogP contribution in [0, 0.1) is 6.92 Å². The summed E-state index contributed by atoms with van der Waals surface area (Å²) in [5, 5.41) is 0. The van der Waals surface area contributed by atoms with Gasteiger partial charge in [-0.05, 0) is 30.5 Å². The molecule has 2 nitrogen and oxygen atoms in total. The fraction of sp³-hybridized carbons (Fsp3) is 0.267. The third-order valence-corrected chi connectivity index (χ3v) is 2.98. The van der Waals surface area contributed by atoms with E-state index in [1.165, 1.54) is 5.56 Å². The molecule has 0 saturated heterocycles. The van der Waals surface area contributed by atoms with Crippen molar-refractivity contribution in [2.45, 2.75) is 26.8 Å². The van der Waals surface area contributed by atoms with Crippen LogP contribution in [-0.4, -0.2) is 10.4 Å². The molecule has 0 aliphatic rings. The first-order valence-electron chi connectivity index (χ1n) is 5.89. The van der Waals surface area contributed by atoms with E-state index >= 15 is 0 Å². The van der Waals surface area contributed by atoms with Crippen molar-refractivity contribution in [1.82, 2.24) is 4.57 Å². The van der Waals surface area contributed by atoms with E-state index in [4.69, 9.17) is 0 Å². The molecule has 17 heavy (non-hydrogen) atoms.